The molecule has 2 atom stereocenters. The number of ether oxygens (including phenoxy) is 1. The van der Waals surface area contributed by atoms with Gasteiger partial charge in [-0.3, -0.25) is 0 Å². The van der Waals surface area contributed by atoms with Gasteiger partial charge in [0.25, 0.3) is 0 Å². The standard InChI is InChI=1S/C12H27NO/c1-5-7-8-9-10-11(13)12(3,6-2)14-4/h11H,5-10,13H2,1-4H3. The molecule has 0 aromatic heterocycles. The third kappa shape index (κ3) is 4.43. The number of nitrogens with two attached hydrogens (primary N) is 1. The summed E-state index contributed by atoms with van der Waals surface area (Å²) in [5.41, 5.74) is 6.00. The molecule has 0 aliphatic heterocycles. The lowest BCUT2D eigenvalue weighted by atomic mass is 9.90. The van der Waals surface area contributed by atoms with Crippen molar-refractivity contribution < 1.29 is 4.74 Å². The summed E-state index contributed by atoms with van der Waals surface area (Å²) in [6, 6.07) is 0.175. The van der Waals surface area contributed by atoms with Crippen molar-refractivity contribution in [3.8, 4) is 0 Å². The maximum Gasteiger partial charge on any atom is 0.0798 e. The highest BCUT2D eigenvalue weighted by molar-refractivity contribution is 4.85. The lowest BCUT2D eigenvalue weighted by molar-refractivity contribution is -0.0211. The molecule has 2 nitrogen and oxygen atoms in total. The SMILES string of the molecule is CCCCCCC(N)C(C)(CC)OC. The van der Waals surface area contributed by atoms with Crippen LogP contribution >= 0.6 is 0 Å². The molecular formula is C12H27NO. The third-order valence-corrected chi connectivity index (χ3v) is 3.32. The molecule has 0 fully saturated rings. The molecule has 86 valence electrons. The van der Waals surface area contributed by atoms with Crippen LogP contribution in [0.2, 0.25) is 0 Å². The average Bonchev–Trinajstić information content (AvgIpc) is 2.22. The summed E-state index contributed by atoms with van der Waals surface area (Å²) in [5.74, 6) is 0. The zero-order chi connectivity index (χ0) is 11.0. The van der Waals surface area contributed by atoms with Crippen molar-refractivity contribution >= 4 is 0 Å². The lowest BCUT2D eigenvalue weighted by Crippen LogP contribution is -2.46. The van der Waals surface area contributed by atoms with Gasteiger partial charge in [0, 0.05) is 13.2 Å². The van der Waals surface area contributed by atoms with Crippen molar-refractivity contribution in [1.29, 1.82) is 0 Å². The molecule has 0 radical (unpaired) electrons. The zero-order valence-corrected chi connectivity index (χ0v) is 10.3. The minimum atomic E-state index is -0.133. The average molecular weight is 201 g/mol. The van der Waals surface area contributed by atoms with Crippen LogP contribution in [0.25, 0.3) is 0 Å². The fourth-order valence-corrected chi connectivity index (χ4v) is 1.65. The van der Waals surface area contributed by atoms with Crippen molar-refractivity contribution in [2.24, 2.45) is 5.73 Å². The van der Waals surface area contributed by atoms with E-state index in [9.17, 15) is 0 Å². The monoisotopic (exact) mass is 201 g/mol. The highest BCUT2D eigenvalue weighted by Gasteiger charge is 2.28. The van der Waals surface area contributed by atoms with Crippen molar-refractivity contribution in [3.63, 3.8) is 0 Å². The van der Waals surface area contributed by atoms with Crippen molar-refractivity contribution in [1.82, 2.24) is 0 Å². The molecule has 0 bridgehead atoms. The van der Waals surface area contributed by atoms with E-state index in [2.05, 4.69) is 20.8 Å². The summed E-state index contributed by atoms with van der Waals surface area (Å²) >= 11 is 0. The Morgan fingerprint density at radius 2 is 1.86 bits per heavy atom. The van der Waals surface area contributed by atoms with E-state index < -0.39 is 0 Å². The fraction of sp³-hybridized carbons (Fsp3) is 1.00. The van der Waals surface area contributed by atoms with Crippen LogP contribution in [0.1, 0.15) is 59.3 Å². The predicted octanol–water partition coefficient (Wildman–Crippen LogP) is 3.10. The smallest absolute Gasteiger partial charge is 0.0798 e. The fourth-order valence-electron chi connectivity index (χ4n) is 1.65. The van der Waals surface area contributed by atoms with E-state index in [1.807, 2.05) is 0 Å². The summed E-state index contributed by atoms with van der Waals surface area (Å²) in [6.07, 6.45) is 7.20. The van der Waals surface area contributed by atoms with Crippen LogP contribution in [-0.2, 0) is 4.74 Å². The molecule has 0 saturated carbocycles. The van der Waals surface area contributed by atoms with E-state index in [0.717, 1.165) is 12.8 Å². The number of rotatable bonds is 8. The molecule has 0 rings (SSSR count). The second-order valence-corrected chi connectivity index (χ2v) is 4.33. The topological polar surface area (TPSA) is 35.2 Å². The first-order valence-electron chi connectivity index (χ1n) is 5.91. The summed E-state index contributed by atoms with van der Waals surface area (Å²) in [4.78, 5) is 0. The van der Waals surface area contributed by atoms with Crippen LogP contribution in [0, 0.1) is 0 Å². The minimum Gasteiger partial charge on any atom is -0.377 e. The molecule has 0 aliphatic carbocycles. The van der Waals surface area contributed by atoms with E-state index in [1.165, 1.54) is 25.7 Å². The zero-order valence-electron chi connectivity index (χ0n) is 10.3. The Balaban J connectivity index is 3.75. The van der Waals surface area contributed by atoms with E-state index in [1.54, 1.807) is 7.11 Å². The normalized spacial score (nSPS) is 17.8. The van der Waals surface area contributed by atoms with Gasteiger partial charge in [-0.2, -0.15) is 0 Å². The van der Waals surface area contributed by atoms with E-state index in [0.29, 0.717) is 0 Å². The molecule has 0 amide bonds. The molecule has 0 heterocycles. The van der Waals surface area contributed by atoms with Gasteiger partial charge in [-0.25, -0.2) is 0 Å². The van der Waals surface area contributed by atoms with Crippen LogP contribution in [-0.4, -0.2) is 18.8 Å². The molecule has 0 saturated heterocycles. The summed E-state index contributed by atoms with van der Waals surface area (Å²) in [6.45, 7) is 6.47. The summed E-state index contributed by atoms with van der Waals surface area (Å²) in [7, 11) is 1.76. The maximum atomic E-state index is 6.13. The van der Waals surface area contributed by atoms with Crippen LogP contribution < -0.4 is 5.73 Å². The second-order valence-electron chi connectivity index (χ2n) is 4.33. The number of methoxy groups -OCH3 is 1. The van der Waals surface area contributed by atoms with Gasteiger partial charge in [-0.15, -0.1) is 0 Å². The molecule has 14 heavy (non-hydrogen) atoms. The van der Waals surface area contributed by atoms with E-state index >= 15 is 0 Å². The Morgan fingerprint density at radius 3 is 2.29 bits per heavy atom. The van der Waals surface area contributed by atoms with E-state index in [-0.39, 0.29) is 11.6 Å². The van der Waals surface area contributed by atoms with Crippen LogP contribution in [0.3, 0.4) is 0 Å². The van der Waals surface area contributed by atoms with Gasteiger partial charge in [0.2, 0.25) is 0 Å². The molecule has 0 aromatic rings. The Hall–Kier alpha value is -0.0800. The Morgan fingerprint density at radius 1 is 1.21 bits per heavy atom. The van der Waals surface area contributed by atoms with Gasteiger partial charge in [-0.1, -0.05) is 39.5 Å². The van der Waals surface area contributed by atoms with Gasteiger partial charge < -0.3 is 10.5 Å². The largest absolute Gasteiger partial charge is 0.377 e. The second kappa shape index (κ2) is 7.24. The van der Waals surface area contributed by atoms with Crippen molar-refractivity contribution in [2.75, 3.05) is 7.11 Å². The van der Waals surface area contributed by atoms with Crippen LogP contribution in [0.4, 0.5) is 0 Å². The number of hydrogen-bond donors (Lipinski definition) is 1. The molecule has 2 unspecified atom stereocenters. The van der Waals surface area contributed by atoms with Gasteiger partial charge in [0.1, 0.15) is 0 Å². The Kier molecular flexibility index (Phi) is 7.20. The van der Waals surface area contributed by atoms with Crippen molar-refractivity contribution in [3.05, 3.63) is 0 Å². The quantitative estimate of drug-likeness (QED) is 0.612. The maximum absolute atomic E-state index is 6.13. The molecule has 2 N–H and O–H groups in total. The molecule has 0 aromatic carbocycles. The summed E-state index contributed by atoms with van der Waals surface area (Å²) in [5, 5.41) is 0. The molecule has 0 spiro atoms. The molecule has 0 aliphatic rings. The molecular weight excluding hydrogens is 174 g/mol. The highest BCUT2D eigenvalue weighted by Crippen LogP contribution is 2.21. The number of hydrogen-bond acceptors (Lipinski definition) is 2. The summed E-state index contributed by atoms with van der Waals surface area (Å²) < 4.78 is 5.48. The van der Waals surface area contributed by atoms with E-state index in [4.69, 9.17) is 10.5 Å². The van der Waals surface area contributed by atoms with Crippen LogP contribution in [0.5, 0.6) is 0 Å². The van der Waals surface area contributed by atoms with Gasteiger partial charge >= 0.3 is 0 Å². The third-order valence-electron chi connectivity index (χ3n) is 3.32. The Labute approximate surface area is 89.2 Å². The Bertz CT molecular complexity index is 132. The van der Waals surface area contributed by atoms with Gasteiger partial charge in [-0.05, 0) is 19.8 Å². The van der Waals surface area contributed by atoms with Gasteiger partial charge in [0.05, 0.1) is 5.60 Å². The predicted molar refractivity (Wildman–Crippen MR) is 62.4 cm³/mol. The minimum absolute atomic E-state index is 0.133. The first-order chi connectivity index (χ1) is 6.60. The number of unbranched alkanes of at least 4 members (excludes halogenated alkanes) is 3. The van der Waals surface area contributed by atoms with Crippen LogP contribution in [0.15, 0.2) is 0 Å². The first-order valence-corrected chi connectivity index (χ1v) is 5.91. The molecule has 2 heteroatoms. The van der Waals surface area contributed by atoms with Gasteiger partial charge in [0.15, 0.2) is 0 Å². The lowest BCUT2D eigenvalue weighted by Gasteiger charge is -2.33. The first kappa shape index (κ1) is 13.9. The highest BCUT2D eigenvalue weighted by atomic mass is 16.5. The van der Waals surface area contributed by atoms with Crippen molar-refractivity contribution in [2.45, 2.75) is 70.9 Å².